The lowest BCUT2D eigenvalue weighted by Gasteiger charge is -2.16. The van der Waals surface area contributed by atoms with Gasteiger partial charge in [0.1, 0.15) is 0 Å². The molecule has 0 spiro atoms. The number of aryl methyl sites for hydroxylation is 2. The number of hydrogen-bond acceptors (Lipinski definition) is 5. The van der Waals surface area contributed by atoms with Gasteiger partial charge in [-0.05, 0) is 61.1 Å². The minimum Gasteiger partial charge on any atom is -0.298 e. The number of thiazole rings is 1. The predicted molar refractivity (Wildman–Crippen MR) is 117 cm³/mol. The van der Waals surface area contributed by atoms with E-state index in [1.807, 2.05) is 5.38 Å². The van der Waals surface area contributed by atoms with Gasteiger partial charge in [-0.15, -0.1) is 11.3 Å². The molecule has 0 atom stereocenters. The van der Waals surface area contributed by atoms with Crippen molar-refractivity contribution in [2.45, 2.75) is 30.6 Å². The first-order valence-electron chi connectivity index (χ1n) is 9.20. The van der Waals surface area contributed by atoms with Crippen LogP contribution in [0.1, 0.15) is 34.3 Å². The zero-order chi connectivity index (χ0) is 20.6. The van der Waals surface area contributed by atoms with Gasteiger partial charge in [0, 0.05) is 17.2 Å². The van der Waals surface area contributed by atoms with Gasteiger partial charge in [-0.1, -0.05) is 23.7 Å². The summed E-state index contributed by atoms with van der Waals surface area (Å²) in [5.41, 5.74) is 4.70. The van der Waals surface area contributed by atoms with Crippen LogP contribution in [0.4, 0.5) is 5.13 Å². The van der Waals surface area contributed by atoms with Gasteiger partial charge in [-0.2, -0.15) is 0 Å². The highest BCUT2D eigenvalue weighted by atomic mass is 35.5. The lowest BCUT2D eigenvalue weighted by Crippen LogP contribution is -2.13. The second kappa shape index (κ2) is 7.89. The van der Waals surface area contributed by atoms with Crippen LogP contribution in [0.2, 0.25) is 5.02 Å². The molecule has 3 aromatic rings. The van der Waals surface area contributed by atoms with Gasteiger partial charge in [0.15, 0.2) is 15.0 Å². The van der Waals surface area contributed by atoms with E-state index in [-0.39, 0.29) is 15.5 Å². The molecule has 0 fully saturated rings. The summed E-state index contributed by atoms with van der Waals surface area (Å²) in [6.07, 6.45) is 5.75. The van der Waals surface area contributed by atoms with Crippen molar-refractivity contribution in [3.63, 3.8) is 0 Å². The van der Waals surface area contributed by atoms with E-state index >= 15 is 0 Å². The summed E-state index contributed by atoms with van der Waals surface area (Å²) in [5, 5.41) is 5.23. The number of carbonyl (C=O) groups excluding carboxylic acids is 1. The Hall–Kier alpha value is -2.22. The molecule has 29 heavy (non-hydrogen) atoms. The molecule has 0 saturated carbocycles. The second-order valence-electron chi connectivity index (χ2n) is 7.10. The molecule has 1 heterocycles. The molecule has 1 aromatic heterocycles. The first kappa shape index (κ1) is 20.1. The maximum absolute atomic E-state index is 12.6. The Kier molecular flexibility index (Phi) is 5.46. The van der Waals surface area contributed by atoms with Crippen LogP contribution in [0.25, 0.3) is 11.3 Å². The second-order valence-corrected chi connectivity index (χ2v) is 10.4. The SMILES string of the molecule is CS(=O)(=O)c1ccc(Cl)c(C(=O)Nc2nc(-c3ccc4c(c3)CCCC4)cs2)c1. The number of carbonyl (C=O) groups is 1. The number of nitrogens with one attached hydrogen (secondary N) is 1. The van der Waals surface area contributed by atoms with Crippen molar-refractivity contribution >= 4 is 43.8 Å². The molecule has 0 saturated heterocycles. The summed E-state index contributed by atoms with van der Waals surface area (Å²) in [7, 11) is -3.44. The number of benzene rings is 2. The Morgan fingerprint density at radius 1 is 1.10 bits per heavy atom. The van der Waals surface area contributed by atoms with E-state index in [0.29, 0.717) is 5.13 Å². The molecule has 2 aromatic carbocycles. The highest BCUT2D eigenvalue weighted by Gasteiger charge is 2.17. The summed E-state index contributed by atoms with van der Waals surface area (Å²) < 4.78 is 23.5. The molecule has 8 heteroatoms. The summed E-state index contributed by atoms with van der Waals surface area (Å²) >= 11 is 7.42. The first-order chi connectivity index (χ1) is 13.8. The summed E-state index contributed by atoms with van der Waals surface area (Å²) in [5.74, 6) is -0.494. The van der Waals surface area contributed by atoms with Gasteiger partial charge >= 0.3 is 0 Å². The fourth-order valence-electron chi connectivity index (χ4n) is 3.43. The third kappa shape index (κ3) is 4.37. The molecule has 1 aliphatic carbocycles. The van der Waals surface area contributed by atoms with Crippen molar-refractivity contribution in [2.24, 2.45) is 0 Å². The molecular weight excluding hydrogens is 428 g/mol. The summed E-state index contributed by atoms with van der Waals surface area (Å²) in [6, 6.07) is 10.5. The van der Waals surface area contributed by atoms with Crippen molar-refractivity contribution in [1.82, 2.24) is 4.98 Å². The lowest BCUT2D eigenvalue weighted by atomic mass is 9.90. The minimum absolute atomic E-state index is 0.0425. The van der Waals surface area contributed by atoms with Gasteiger partial charge < -0.3 is 0 Å². The van der Waals surface area contributed by atoms with Gasteiger partial charge in [0.25, 0.3) is 5.91 Å². The number of halogens is 1. The molecule has 150 valence electrons. The molecule has 1 N–H and O–H groups in total. The van der Waals surface area contributed by atoms with Crippen LogP contribution in [0.5, 0.6) is 0 Å². The molecule has 0 unspecified atom stereocenters. The zero-order valence-corrected chi connectivity index (χ0v) is 18.1. The van der Waals surface area contributed by atoms with E-state index in [9.17, 15) is 13.2 Å². The first-order valence-corrected chi connectivity index (χ1v) is 12.3. The van der Waals surface area contributed by atoms with Crippen molar-refractivity contribution in [1.29, 1.82) is 0 Å². The zero-order valence-electron chi connectivity index (χ0n) is 15.7. The van der Waals surface area contributed by atoms with E-state index in [4.69, 9.17) is 11.6 Å². The standard InChI is InChI=1S/C21H19ClN2O3S2/c1-29(26,27)16-8-9-18(22)17(11-16)20(25)24-21-23-19(12-28-21)15-7-6-13-4-2-3-5-14(13)10-15/h6-12H,2-5H2,1H3,(H,23,24,25). The predicted octanol–water partition coefficient (Wildman–Crippen LogP) is 5.00. The van der Waals surface area contributed by atoms with Gasteiger partial charge in [-0.25, -0.2) is 13.4 Å². The molecule has 4 rings (SSSR count). The van der Waals surface area contributed by atoms with Crippen molar-refractivity contribution < 1.29 is 13.2 Å². The van der Waals surface area contributed by atoms with Crippen molar-refractivity contribution in [3.8, 4) is 11.3 Å². The molecule has 1 aliphatic rings. The Bertz CT molecular complexity index is 1200. The van der Waals surface area contributed by atoms with Crippen LogP contribution in [0, 0.1) is 0 Å². The highest BCUT2D eigenvalue weighted by Crippen LogP contribution is 2.30. The van der Waals surface area contributed by atoms with Crippen LogP contribution in [0.15, 0.2) is 46.7 Å². The van der Waals surface area contributed by atoms with E-state index in [0.717, 1.165) is 30.4 Å². The number of amides is 1. The van der Waals surface area contributed by atoms with Crippen molar-refractivity contribution in [2.75, 3.05) is 11.6 Å². The Morgan fingerprint density at radius 2 is 1.86 bits per heavy atom. The lowest BCUT2D eigenvalue weighted by molar-refractivity contribution is 0.102. The van der Waals surface area contributed by atoms with Crippen LogP contribution < -0.4 is 5.32 Å². The van der Waals surface area contributed by atoms with Crippen molar-refractivity contribution in [3.05, 3.63) is 63.5 Å². The number of hydrogen-bond donors (Lipinski definition) is 1. The molecule has 0 aliphatic heterocycles. The third-order valence-corrected chi connectivity index (χ3v) is 7.18. The van der Waals surface area contributed by atoms with E-state index < -0.39 is 15.7 Å². The molecule has 0 radical (unpaired) electrons. The van der Waals surface area contributed by atoms with E-state index in [2.05, 4.69) is 28.5 Å². The smallest absolute Gasteiger partial charge is 0.259 e. The number of sulfone groups is 1. The quantitative estimate of drug-likeness (QED) is 0.611. The Balaban J connectivity index is 1.56. The van der Waals surface area contributed by atoms with Gasteiger partial charge in [0.2, 0.25) is 0 Å². The Labute approximate surface area is 178 Å². The van der Waals surface area contributed by atoms with Crippen LogP contribution in [-0.4, -0.2) is 25.6 Å². The number of nitrogens with zero attached hydrogens (tertiary/aromatic N) is 1. The number of fused-ring (bicyclic) bond motifs is 1. The largest absolute Gasteiger partial charge is 0.298 e. The number of rotatable bonds is 4. The number of aromatic nitrogens is 1. The van der Waals surface area contributed by atoms with Gasteiger partial charge in [0.05, 0.1) is 21.2 Å². The molecule has 0 bridgehead atoms. The topological polar surface area (TPSA) is 76.1 Å². The van der Waals surface area contributed by atoms with E-state index in [1.54, 1.807) is 0 Å². The molecular formula is C21H19ClN2O3S2. The summed E-state index contributed by atoms with van der Waals surface area (Å²) in [4.78, 5) is 17.2. The van der Waals surface area contributed by atoms with Gasteiger partial charge in [-0.3, -0.25) is 10.1 Å². The molecule has 5 nitrogen and oxygen atoms in total. The monoisotopic (exact) mass is 446 g/mol. The van der Waals surface area contributed by atoms with Crippen LogP contribution in [-0.2, 0) is 22.7 Å². The Morgan fingerprint density at radius 3 is 2.62 bits per heavy atom. The number of anilines is 1. The molecule has 1 amide bonds. The maximum atomic E-state index is 12.6. The summed E-state index contributed by atoms with van der Waals surface area (Å²) in [6.45, 7) is 0. The fraction of sp³-hybridized carbons (Fsp3) is 0.238. The average molecular weight is 447 g/mol. The minimum atomic E-state index is -3.44. The highest BCUT2D eigenvalue weighted by molar-refractivity contribution is 7.90. The fourth-order valence-corrected chi connectivity index (χ4v) is 5.00. The third-order valence-electron chi connectivity index (χ3n) is 4.98. The normalized spacial score (nSPS) is 13.7. The van der Waals surface area contributed by atoms with Crippen LogP contribution in [0.3, 0.4) is 0 Å². The maximum Gasteiger partial charge on any atom is 0.259 e. The average Bonchev–Trinajstić information content (AvgIpc) is 3.15. The van der Waals surface area contributed by atoms with E-state index in [1.165, 1.54) is 53.5 Å². The van der Waals surface area contributed by atoms with Crippen LogP contribution >= 0.6 is 22.9 Å².